The van der Waals surface area contributed by atoms with Crippen molar-refractivity contribution in [2.24, 2.45) is 0 Å². The van der Waals surface area contributed by atoms with Crippen molar-refractivity contribution in [3.8, 4) is 0 Å². The van der Waals surface area contributed by atoms with Crippen LogP contribution in [0.1, 0.15) is 34.6 Å². The molecule has 0 radical (unpaired) electrons. The van der Waals surface area contributed by atoms with Gasteiger partial charge < -0.3 is 18.6 Å². The number of hydrogen-bond donors (Lipinski definition) is 0. The second kappa shape index (κ2) is 9.70. The van der Waals surface area contributed by atoms with Gasteiger partial charge in [0, 0.05) is 0 Å². The van der Waals surface area contributed by atoms with Crippen molar-refractivity contribution >= 4 is 28.8 Å². The first-order valence-corrected chi connectivity index (χ1v) is 15.7. The van der Waals surface area contributed by atoms with Crippen LogP contribution < -0.4 is 10.4 Å². The van der Waals surface area contributed by atoms with Gasteiger partial charge in [-0.25, -0.2) is 0 Å². The summed E-state index contributed by atoms with van der Waals surface area (Å²) in [5.74, 6) is -0.856. The quantitative estimate of drug-likeness (QED) is 0.286. The van der Waals surface area contributed by atoms with Gasteiger partial charge >= 0.3 is 0 Å². The molecule has 0 aliphatic carbocycles. The van der Waals surface area contributed by atoms with E-state index in [1.165, 1.54) is 10.4 Å². The predicted octanol–water partition coefficient (Wildman–Crippen LogP) is 2.83. The molecule has 7 nitrogen and oxygen atoms in total. The van der Waals surface area contributed by atoms with E-state index in [2.05, 4.69) is 69.3 Å². The smallest absolute Gasteiger partial charge is 0.264 e. The molecule has 35 heavy (non-hydrogen) atoms. The molecular formula is C26H36O7SSi. The molecule has 0 saturated carbocycles. The van der Waals surface area contributed by atoms with Gasteiger partial charge in [-0.05, 0) is 29.3 Å². The highest BCUT2D eigenvalue weighted by Gasteiger charge is 2.57. The zero-order valence-corrected chi connectivity index (χ0v) is 23.1. The van der Waals surface area contributed by atoms with Crippen molar-refractivity contribution < 1.29 is 31.2 Å². The maximum Gasteiger partial charge on any atom is 0.264 e. The summed E-state index contributed by atoms with van der Waals surface area (Å²) in [6.45, 7) is 10.6. The van der Waals surface area contributed by atoms with E-state index in [1.54, 1.807) is 13.8 Å². The molecule has 2 saturated heterocycles. The minimum atomic E-state index is -3.59. The highest BCUT2D eigenvalue weighted by molar-refractivity contribution is 7.85. The lowest BCUT2D eigenvalue weighted by atomic mass is 10.1. The Morgan fingerprint density at radius 1 is 0.857 bits per heavy atom. The second-order valence-corrected chi connectivity index (χ2v) is 16.7. The molecule has 4 rings (SSSR count). The molecular weight excluding hydrogens is 484 g/mol. The third-order valence-corrected chi connectivity index (χ3v) is 12.1. The largest absolute Gasteiger partial charge is 0.405 e. The van der Waals surface area contributed by atoms with Crippen molar-refractivity contribution in [3.05, 3.63) is 60.7 Å². The highest BCUT2D eigenvalue weighted by atomic mass is 32.2. The van der Waals surface area contributed by atoms with Crippen LogP contribution in [0.3, 0.4) is 0 Å². The van der Waals surface area contributed by atoms with Crippen molar-refractivity contribution in [2.45, 2.75) is 69.9 Å². The molecule has 2 fully saturated rings. The number of hydrogen-bond acceptors (Lipinski definition) is 7. The van der Waals surface area contributed by atoms with E-state index < -0.39 is 36.4 Å². The fourth-order valence-corrected chi connectivity index (χ4v) is 9.96. The third-order valence-electron chi connectivity index (χ3n) is 6.49. The molecule has 4 atom stereocenters. The molecule has 0 N–H and O–H groups in total. The Bertz CT molecular complexity index is 1060. The molecule has 2 aromatic carbocycles. The van der Waals surface area contributed by atoms with E-state index in [4.69, 9.17) is 22.8 Å². The first-order valence-electron chi connectivity index (χ1n) is 11.9. The summed E-state index contributed by atoms with van der Waals surface area (Å²) in [7, 11) is -6.28. The first kappa shape index (κ1) is 26.5. The fraction of sp³-hybridized carbons (Fsp3) is 0.538. The predicted molar refractivity (Wildman–Crippen MR) is 137 cm³/mol. The van der Waals surface area contributed by atoms with Crippen LogP contribution >= 0.6 is 0 Å². The lowest BCUT2D eigenvalue weighted by molar-refractivity contribution is -0.149. The Morgan fingerprint density at radius 2 is 1.40 bits per heavy atom. The van der Waals surface area contributed by atoms with E-state index in [-0.39, 0.29) is 23.9 Å². The number of epoxide rings is 1. The summed E-state index contributed by atoms with van der Waals surface area (Å²) in [4.78, 5) is 0. The standard InChI is InChI=1S/C26H36O7SSi/c1-25(2,3)35(19-13-9-7-10-14-19,20-15-11-8-12-16-20)30-18-21-23(31-21)24-22(17-29-34(6,27)28)32-26(4,5)33-24/h7-16,21-24H,17-18H2,1-6H3/t21-,22-,23+,24+/m0/s1. The van der Waals surface area contributed by atoms with Gasteiger partial charge in [-0.1, -0.05) is 81.4 Å². The topological polar surface area (TPSA) is 83.6 Å². The maximum atomic E-state index is 11.5. The number of rotatable bonds is 9. The zero-order chi connectivity index (χ0) is 25.5. The average Bonchev–Trinajstić information content (AvgIpc) is 3.48. The summed E-state index contributed by atoms with van der Waals surface area (Å²) >= 11 is 0. The molecule has 0 amide bonds. The Morgan fingerprint density at radius 3 is 1.89 bits per heavy atom. The molecule has 0 unspecified atom stereocenters. The van der Waals surface area contributed by atoms with E-state index in [9.17, 15) is 8.42 Å². The summed E-state index contributed by atoms with van der Waals surface area (Å²) in [6.07, 6.45) is -0.415. The van der Waals surface area contributed by atoms with Gasteiger partial charge in [0.15, 0.2) is 5.79 Å². The van der Waals surface area contributed by atoms with E-state index in [0.29, 0.717) is 6.61 Å². The van der Waals surface area contributed by atoms with Crippen LogP contribution in [0.4, 0.5) is 0 Å². The first-order chi connectivity index (χ1) is 16.3. The molecule has 2 aliphatic heterocycles. The molecule has 0 aromatic heterocycles. The van der Waals surface area contributed by atoms with Gasteiger partial charge in [0.05, 0.1) is 19.5 Å². The highest BCUT2D eigenvalue weighted by Crippen LogP contribution is 2.41. The lowest BCUT2D eigenvalue weighted by Crippen LogP contribution is -2.66. The summed E-state index contributed by atoms with van der Waals surface area (Å²) in [5, 5.41) is 2.27. The second-order valence-electron chi connectivity index (χ2n) is 10.7. The molecule has 2 aliphatic rings. The van der Waals surface area contributed by atoms with Crippen molar-refractivity contribution in [2.75, 3.05) is 19.5 Å². The lowest BCUT2D eigenvalue weighted by Gasteiger charge is -2.43. The average molecular weight is 521 g/mol. The minimum Gasteiger partial charge on any atom is -0.405 e. The van der Waals surface area contributed by atoms with Gasteiger partial charge in [-0.2, -0.15) is 8.42 Å². The Kier molecular flexibility index (Phi) is 7.34. The number of benzene rings is 2. The molecule has 0 spiro atoms. The Balaban J connectivity index is 1.55. The van der Waals surface area contributed by atoms with Crippen LogP contribution in [-0.4, -0.2) is 66.4 Å². The molecule has 2 heterocycles. The van der Waals surface area contributed by atoms with E-state index >= 15 is 0 Å². The molecule has 9 heteroatoms. The third kappa shape index (κ3) is 5.88. The monoisotopic (exact) mass is 520 g/mol. The maximum absolute atomic E-state index is 11.5. The van der Waals surface area contributed by atoms with Gasteiger partial charge in [-0.15, -0.1) is 0 Å². The van der Waals surface area contributed by atoms with E-state index in [0.717, 1.165) is 6.26 Å². The van der Waals surface area contributed by atoms with Crippen LogP contribution in [0.5, 0.6) is 0 Å². The van der Waals surface area contributed by atoms with Gasteiger partial charge in [0.25, 0.3) is 18.4 Å². The Hall–Kier alpha value is -1.59. The van der Waals surface area contributed by atoms with Crippen LogP contribution in [0.25, 0.3) is 0 Å². The summed E-state index contributed by atoms with van der Waals surface area (Å²) in [6, 6.07) is 20.9. The SMILES string of the molecule is CC1(C)O[C@@H]([C@@H]2O[C@H]2CO[Si](c2ccccc2)(c2ccccc2)C(C)(C)C)[C@H](COS(C)(=O)=O)O1. The molecule has 0 bridgehead atoms. The Labute approximate surface area is 209 Å². The van der Waals surface area contributed by atoms with Crippen LogP contribution in [0, 0.1) is 0 Å². The van der Waals surface area contributed by atoms with Gasteiger partial charge in [-0.3, -0.25) is 4.18 Å². The summed E-state index contributed by atoms with van der Waals surface area (Å²) < 4.78 is 53.0. The van der Waals surface area contributed by atoms with Crippen molar-refractivity contribution in [1.82, 2.24) is 0 Å². The minimum absolute atomic E-state index is 0.116. The van der Waals surface area contributed by atoms with Crippen LogP contribution in [-0.2, 0) is 32.9 Å². The van der Waals surface area contributed by atoms with Gasteiger partial charge in [0.2, 0.25) is 0 Å². The molecule has 192 valence electrons. The fourth-order valence-electron chi connectivity index (χ4n) is 5.01. The summed E-state index contributed by atoms with van der Waals surface area (Å²) in [5.41, 5.74) is 0. The zero-order valence-electron chi connectivity index (χ0n) is 21.3. The van der Waals surface area contributed by atoms with Crippen molar-refractivity contribution in [1.29, 1.82) is 0 Å². The van der Waals surface area contributed by atoms with E-state index in [1.807, 2.05) is 12.1 Å². The molecule has 2 aromatic rings. The number of ether oxygens (including phenoxy) is 3. The van der Waals surface area contributed by atoms with Crippen LogP contribution in [0.15, 0.2) is 60.7 Å². The van der Waals surface area contributed by atoms with Crippen LogP contribution in [0.2, 0.25) is 5.04 Å². The van der Waals surface area contributed by atoms with Gasteiger partial charge in [0.1, 0.15) is 24.4 Å². The van der Waals surface area contributed by atoms with Crippen molar-refractivity contribution in [3.63, 3.8) is 0 Å². The normalized spacial score (nSPS) is 26.6.